The maximum absolute atomic E-state index is 11.6. The Morgan fingerprint density at radius 2 is 1.89 bits per heavy atom. The molecule has 0 atom stereocenters. The van der Waals surface area contributed by atoms with Crippen LogP contribution in [0.15, 0.2) is 6.07 Å². The smallest absolute Gasteiger partial charge is 0.154 e. The van der Waals surface area contributed by atoms with E-state index in [2.05, 4.69) is 15.3 Å². The Hall–Kier alpha value is -1.17. The zero-order valence-corrected chi connectivity index (χ0v) is 13.3. The zero-order chi connectivity index (χ0) is 14.8. The van der Waals surface area contributed by atoms with Crippen molar-refractivity contribution in [2.75, 3.05) is 18.1 Å². The number of nitrogens with zero attached hydrogens (tertiary/aromatic N) is 2. The molecule has 0 bridgehead atoms. The highest BCUT2D eigenvalue weighted by atomic mass is 32.2. The third kappa shape index (κ3) is 4.16. The Morgan fingerprint density at radius 1 is 1.32 bits per heavy atom. The van der Waals surface area contributed by atoms with Gasteiger partial charge in [0, 0.05) is 30.5 Å². The lowest BCUT2D eigenvalue weighted by molar-refractivity contribution is 0.559. The predicted octanol–water partition coefficient (Wildman–Crippen LogP) is 2.14. The first-order chi connectivity index (χ1) is 8.53. The van der Waals surface area contributed by atoms with Crippen LogP contribution in [-0.4, -0.2) is 35.9 Å². The lowest BCUT2D eigenvalue weighted by Gasteiger charge is -2.23. The lowest BCUT2D eigenvalue weighted by atomic mass is 10.2. The number of hydrogen-bond donors (Lipinski definition) is 1. The summed E-state index contributed by atoms with van der Waals surface area (Å²) >= 11 is 0. The second-order valence-electron chi connectivity index (χ2n) is 5.79. The van der Waals surface area contributed by atoms with E-state index < -0.39 is 14.6 Å². The second kappa shape index (κ2) is 5.45. The number of hydrogen-bond acceptors (Lipinski definition) is 5. The van der Waals surface area contributed by atoms with Gasteiger partial charge >= 0.3 is 0 Å². The van der Waals surface area contributed by atoms with Crippen LogP contribution in [0.5, 0.6) is 0 Å². The summed E-state index contributed by atoms with van der Waals surface area (Å²) in [6, 6.07) is 1.82. The van der Waals surface area contributed by atoms with Gasteiger partial charge in [0.25, 0.3) is 0 Å². The summed E-state index contributed by atoms with van der Waals surface area (Å²) in [5.41, 5.74) is 0.873. The molecule has 0 amide bonds. The van der Waals surface area contributed by atoms with E-state index in [1.807, 2.05) is 26.8 Å². The van der Waals surface area contributed by atoms with Gasteiger partial charge in [0.15, 0.2) is 9.84 Å². The number of rotatable bonds is 5. The van der Waals surface area contributed by atoms with Crippen LogP contribution in [0.3, 0.4) is 0 Å². The van der Waals surface area contributed by atoms with Gasteiger partial charge in [0.2, 0.25) is 0 Å². The Balaban J connectivity index is 2.90. The predicted molar refractivity (Wildman–Crippen MR) is 78.3 cm³/mol. The van der Waals surface area contributed by atoms with Gasteiger partial charge in [0.1, 0.15) is 11.6 Å². The molecule has 5 nitrogen and oxygen atoms in total. The maximum Gasteiger partial charge on any atom is 0.154 e. The summed E-state index contributed by atoms with van der Waals surface area (Å²) in [4.78, 5) is 8.76. The molecule has 6 heteroatoms. The first kappa shape index (κ1) is 15.9. The van der Waals surface area contributed by atoms with Crippen LogP contribution < -0.4 is 5.32 Å². The molecule has 0 unspecified atom stereocenters. The van der Waals surface area contributed by atoms with E-state index in [1.165, 1.54) is 6.26 Å². The quantitative estimate of drug-likeness (QED) is 0.897. The first-order valence-corrected chi connectivity index (χ1v) is 8.21. The zero-order valence-electron chi connectivity index (χ0n) is 12.5. The molecule has 0 aliphatic carbocycles. The first-order valence-electron chi connectivity index (χ1n) is 6.32. The molecule has 108 valence electrons. The Bertz CT molecular complexity index is 551. The normalized spacial score (nSPS) is 12.8. The highest BCUT2D eigenvalue weighted by Crippen LogP contribution is 2.18. The average molecular weight is 285 g/mol. The lowest BCUT2D eigenvalue weighted by Crippen LogP contribution is -2.38. The average Bonchev–Trinajstić information content (AvgIpc) is 2.24. The van der Waals surface area contributed by atoms with E-state index >= 15 is 0 Å². The molecule has 1 aromatic rings. The van der Waals surface area contributed by atoms with Gasteiger partial charge in [-0.2, -0.15) is 0 Å². The standard InChI is InChI=1S/C13H23N3O2S/c1-9(2)12-15-10(3)7-11(16-12)14-8-13(4,5)19(6,17)18/h7,9H,8H2,1-6H3,(H,14,15,16). The van der Waals surface area contributed by atoms with Crippen LogP contribution in [0.1, 0.15) is 45.1 Å². The molecule has 0 fully saturated rings. The van der Waals surface area contributed by atoms with Crippen LogP contribution >= 0.6 is 0 Å². The number of aromatic nitrogens is 2. The highest BCUT2D eigenvalue weighted by Gasteiger charge is 2.30. The fourth-order valence-corrected chi connectivity index (χ4v) is 1.71. The van der Waals surface area contributed by atoms with Crippen LogP contribution in [0.25, 0.3) is 0 Å². The van der Waals surface area contributed by atoms with Crippen molar-refractivity contribution >= 4 is 15.7 Å². The monoisotopic (exact) mass is 285 g/mol. The Labute approximate surface area is 115 Å². The SMILES string of the molecule is Cc1cc(NCC(C)(C)S(C)(=O)=O)nc(C(C)C)n1. The second-order valence-corrected chi connectivity index (χ2v) is 8.44. The molecule has 1 heterocycles. The molecule has 0 spiro atoms. The molecule has 0 aliphatic heterocycles. The number of sulfone groups is 1. The van der Waals surface area contributed by atoms with E-state index in [0.717, 1.165) is 11.5 Å². The van der Waals surface area contributed by atoms with E-state index in [0.29, 0.717) is 12.4 Å². The molecule has 0 radical (unpaired) electrons. The third-order valence-electron chi connectivity index (χ3n) is 3.09. The van der Waals surface area contributed by atoms with Gasteiger partial charge in [0.05, 0.1) is 4.75 Å². The van der Waals surface area contributed by atoms with Crippen molar-refractivity contribution < 1.29 is 8.42 Å². The molecule has 1 aromatic heterocycles. The summed E-state index contributed by atoms with van der Waals surface area (Å²) < 4.78 is 22.5. The topological polar surface area (TPSA) is 72.0 Å². The van der Waals surface area contributed by atoms with Crippen molar-refractivity contribution in [3.8, 4) is 0 Å². The minimum Gasteiger partial charge on any atom is -0.368 e. The van der Waals surface area contributed by atoms with E-state index in [4.69, 9.17) is 0 Å². The maximum atomic E-state index is 11.6. The Kier molecular flexibility index (Phi) is 4.55. The number of aryl methyl sites for hydroxylation is 1. The van der Waals surface area contributed by atoms with E-state index in [-0.39, 0.29) is 5.92 Å². The van der Waals surface area contributed by atoms with Gasteiger partial charge in [-0.3, -0.25) is 0 Å². The van der Waals surface area contributed by atoms with Crippen molar-refractivity contribution in [1.29, 1.82) is 0 Å². The fourth-order valence-electron chi connectivity index (χ4n) is 1.37. The van der Waals surface area contributed by atoms with Crippen LogP contribution in [0, 0.1) is 6.92 Å². The number of nitrogens with one attached hydrogen (secondary N) is 1. The van der Waals surface area contributed by atoms with Gasteiger partial charge < -0.3 is 5.32 Å². The highest BCUT2D eigenvalue weighted by molar-refractivity contribution is 7.92. The van der Waals surface area contributed by atoms with Crippen LogP contribution in [0.4, 0.5) is 5.82 Å². The number of anilines is 1. The third-order valence-corrected chi connectivity index (χ3v) is 5.24. The fraction of sp³-hybridized carbons (Fsp3) is 0.692. The van der Waals surface area contributed by atoms with Crippen molar-refractivity contribution in [3.05, 3.63) is 17.6 Å². The van der Waals surface area contributed by atoms with E-state index in [9.17, 15) is 8.42 Å². The summed E-state index contributed by atoms with van der Waals surface area (Å²) in [6.07, 6.45) is 1.25. The van der Waals surface area contributed by atoms with Gasteiger partial charge in [-0.1, -0.05) is 13.8 Å². The molecular weight excluding hydrogens is 262 g/mol. The minimum atomic E-state index is -3.11. The largest absolute Gasteiger partial charge is 0.368 e. The molecular formula is C13H23N3O2S. The van der Waals surface area contributed by atoms with Crippen molar-refractivity contribution in [1.82, 2.24) is 9.97 Å². The summed E-state index contributed by atoms with van der Waals surface area (Å²) in [5.74, 6) is 1.68. The summed E-state index contributed by atoms with van der Waals surface area (Å²) in [6.45, 7) is 9.68. The molecule has 1 rings (SSSR count). The van der Waals surface area contributed by atoms with Crippen molar-refractivity contribution in [2.24, 2.45) is 0 Å². The molecule has 0 saturated heterocycles. The van der Waals surface area contributed by atoms with Crippen molar-refractivity contribution in [3.63, 3.8) is 0 Å². The van der Waals surface area contributed by atoms with Crippen LogP contribution in [0.2, 0.25) is 0 Å². The van der Waals surface area contributed by atoms with Crippen LogP contribution in [-0.2, 0) is 9.84 Å². The van der Waals surface area contributed by atoms with Gasteiger partial charge in [-0.05, 0) is 20.8 Å². The molecule has 0 saturated carbocycles. The van der Waals surface area contributed by atoms with Gasteiger partial charge in [-0.15, -0.1) is 0 Å². The molecule has 0 aliphatic rings. The van der Waals surface area contributed by atoms with Crippen molar-refractivity contribution in [2.45, 2.75) is 45.3 Å². The Morgan fingerprint density at radius 3 is 2.37 bits per heavy atom. The molecule has 0 aromatic carbocycles. The summed E-state index contributed by atoms with van der Waals surface area (Å²) in [7, 11) is -3.11. The summed E-state index contributed by atoms with van der Waals surface area (Å²) in [5, 5.41) is 3.10. The molecule has 1 N–H and O–H groups in total. The minimum absolute atomic E-state index is 0.239. The van der Waals surface area contributed by atoms with E-state index in [1.54, 1.807) is 13.8 Å². The molecule has 19 heavy (non-hydrogen) atoms. The van der Waals surface area contributed by atoms with Gasteiger partial charge in [-0.25, -0.2) is 18.4 Å².